The maximum Gasteiger partial charge on any atom is 0.416 e. The first-order valence-electron chi connectivity index (χ1n) is 9.08. The average molecular weight is 419 g/mol. The number of aliphatic hydroxyl groups is 1. The first kappa shape index (κ1) is 21.3. The highest BCUT2D eigenvalue weighted by atomic mass is 19.4. The molecule has 7 nitrogen and oxygen atoms in total. The molecule has 0 bridgehead atoms. The monoisotopic (exact) mass is 419 g/mol. The van der Waals surface area contributed by atoms with Gasteiger partial charge in [-0.05, 0) is 37.3 Å². The van der Waals surface area contributed by atoms with Crippen molar-refractivity contribution in [3.05, 3.63) is 66.7 Å². The number of hydrogen-bond acceptors (Lipinski definition) is 5. The smallest absolute Gasteiger partial charge is 0.392 e. The Morgan fingerprint density at radius 2 is 1.97 bits per heavy atom. The molecular formula is C20H20F3N5O2. The molecule has 158 valence electrons. The highest BCUT2D eigenvalue weighted by molar-refractivity contribution is 5.96. The molecule has 0 saturated heterocycles. The molecule has 0 aliphatic carbocycles. The minimum Gasteiger partial charge on any atom is -0.392 e. The number of alkyl halides is 3. The van der Waals surface area contributed by atoms with Crippen molar-refractivity contribution in [2.45, 2.75) is 19.2 Å². The summed E-state index contributed by atoms with van der Waals surface area (Å²) in [5, 5.41) is 16.2. The number of nitrogens with zero attached hydrogens (tertiary/aromatic N) is 4. The van der Waals surface area contributed by atoms with E-state index < -0.39 is 23.8 Å². The second-order valence-electron chi connectivity index (χ2n) is 6.68. The number of aliphatic hydroxyl groups excluding tert-OH is 1. The van der Waals surface area contributed by atoms with Crippen LogP contribution in [0.1, 0.15) is 12.5 Å². The third-order valence-corrected chi connectivity index (χ3v) is 4.20. The lowest BCUT2D eigenvalue weighted by Crippen LogP contribution is -2.37. The number of aromatic nitrogens is 3. The van der Waals surface area contributed by atoms with Gasteiger partial charge in [-0.25, -0.2) is 9.67 Å². The molecule has 1 aromatic heterocycles. The van der Waals surface area contributed by atoms with Crippen LogP contribution in [0.25, 0.3) is 5.69 Å². The summed E-state index contributed by atoms with van der Waals surface area (Å²) < 4.78 is 40.8. The predicted octanol–water partition coefficient (Wildman–Crippen LogP) is 3.11. The molecule has 0 saturated carbocycles. The Kier molecular flexibility index (Phi) is 6.36. The summed E-state index contributed by atoms with van der Waals surface area (Å²) in [5.41, 5.74) is 0.000624. The Morgan fingerprint density at radius 3 is 2.57 bits per heavy atom. The second kappa shape index (κ2) is 8.95. The van der Waals surface area contributed by atoms with Gasteiger partial charge in [0.1, 0.15) is 12.7 Å². The average Bonchev–Trinajstić information content (AvgIpc) is 3.21. The molecule has 30 heavy (non-hydrogen) atoms. The molecule has 2 N–H and O–H groups in total. The zero-order valence-electron chi connectivity index (χ0n) is 16.0. The van der Waals surface area contributed by atoms with Gasteiger partial charge in [0.15, 0.2) is 0 Å². The van der Waals surface area contributed by atoms with Crippen molar-refractivity contribution >= 4 is 17.3 Å². The number of benzene rings is 2. The molecule has 3 rings (SSSR count). The zero-order valence-corrected chi connectivity index (χ0v) is 16.0. The molecule has 1 unspecified atom stereocenters. The highest BCUT2D eigenvalue weighted by Gasteiger charge is 2.31. The minimum atomic E-state index is -4.57. The maximum absolute atomic E-state index is 13.2. The first-order valence-corrected chi connectivity index (χ1v) is 9.08. The van der Waals surface area contributed by atoms with E-state index in [4.69, 9.17) is 0 Å². The Morgan fingerprint density at radius 1 is 1.23 bits per heavy atom. The summed E-state index contributed by atoms with van der Waals surface area (Å²) in [6.07, 6.45) is -2.72. The van der Waals surface area contributed by atoms with Gasteiger partial charge in [0, 0.05) is 12.2 Å². The molecule has 10 heteroatoms. The maximum atomic E-state index is 13.2. The van der Waals surface area contributed by atoms with Crippen molar-refractivity contribution < 1.29 is 23.1 Å². The lowest BCUT2D eigenvalue weighted by Gasteiger charge is -2.26. The van der Waals surface area contributed by atoms with E-state index >= 15 is 0 Å². The van der Waals surface area contributed by atoms with Crippen LogP contribution in [0.5, 0.6) is 0 Å². The highest BCUT2D eigenvalue weighted by Crippen LogP contribution is 2.33. The third kappa shape index (κ3) is 5.35. The van der Waals surface area contributed by atoms with E-state index in [1.54, 1.807) is 36.1 Å². The molecular weight excluding hydrogens is 399 g/mol. The molecule has 0 spiro atoms. The number of halogens is 3. The summed E-state index contributed by atoms with van der Waals surface area (Å²) in [6.45, 7) is 1.60. The normalized spacial score (nSPS) is 12.4. The van der Waals surface area contributed by atoms with Crippen LogP contribution in [0.3, 0.4) is 0 Å². The van der Waals surface area contributed by atoms with Crippen LogP contribution in [-0.2, 0) is 11.0 Å². The topological polar surface area (TPSA) is 83.3 Å². The van der Waals surface area contributed by atoms with E-state index in [9.17, 15) is 23.1 Å². The van der Waals surface area contributed by atoms with Gasteiger partial charge in [-0.3, -0.25) is 4.79 Å². The second-order valence-corrected chi connectivity index (χ2v) is 6.68. The van der Waals surface area contributed by atoms with Crippen LogP contribution >= 0.6 is 0 Å². The van der Waals surface area contributed by atoms with Gasteiger partial charge in [-0.15, -0.1) is 0 Å². The molecule has 1 heterocycles. The number of carbonyl (C=O) groups is 1. The number of anilines is 2. The molecule has 0 aliphatic heterocycles. The number of rotatable bonds is 7. The van der Waals surface area contributed by atoms with Crippen molar-refractivity contribution in [1.29, 1.82) is 0 Å². The Hall–Kier alpha value is -3.40. The van der Waals surface area contributed by atoms with Gasteiger partial charge < -0.3 is 15.3 Å². The predicted molar refractivity (Wildman–Crippen MR) is 105 cm³/mol. The van der Waals surface area contributed by atoms with Crippen LogP contribution < -0.4 is 10.2 Å². The summed E-state index contributed by atoms with van der Waals surface area (Å²) in [7, 11) is 0. The quantitative estimate of drug-likeness (QED) is 0.615. The van der Waals surface area contributed by atoms with Crippen molar-refractivity contribution in [2.24, 2.45) is 0 Å². The summed E-state index contributed by atoms with van der Waals surface area (Å²) in [6, 6.07) is 11.9. The molecule has 1 atom stereocenters. The van der Waals surface area contributed by atoms with Crippen LogP contribution in [0.4, 0.5) is 24.5 Å². The first-order chi connectivity index (χ1) is 14.2. The molecule has 0 radical (unpaired) electrons. The van der Waals surface area contributed by atoms with Gasteiger partial charge in [0.25, 0.3) is 0 Å². The van der Waals surface area contributed by atoms with Crippen molar-refractivity contribution in [2.75, 3.05) is 23.3 Å². The molecule has 1 amide bonds. The zero-order chi connectivity index (χ0) is 21.7. The number of hydrogen-bond donors (Lipinski definition) is 2. The molecule has 0 aliphatic rings. The van der Waals surface area contributed by atoms with Crippen LogP contribution in [-0.4, -0.2) is 45.0 Å². The van der Waals surface area contributed by atoms with Crippen molar-refractivity contribution in [1.82, 2.24) is 14.8 Å². The molecule has 2 aromatic carbocycles. The van der Waals surface area contributed by atoms with Gasteiger partial charge in [-0.2, -0.15) is 18.3 Å². The minimum absolute atomic E-state index is 0.0506. The van der Waals surface area contributed by atoms with Gasteiger partial charge >= 0.3 is 6.18 Å². The SMILES string of the molecule is CC(O)CN(CC(=O)Nc1cc(C(F)(F)F)ccc1-n1cncn1)c1ccccc1. The Labute approximate surface area is 170 Å². The lowest BCUT2D eigenvalue weighted by molar-refractivity contribution is -0.137. The number of nitrogens with one attached hydrogen (secondary N) is 1. The Bertz CT molecular complexity index is 976. The van der Waals surface area contributed by atoms with E-state index in [-0.39, 0.29) is 24.5 Å². The van der Waals surface area contributed by atoms with Crippen LogP contribution in [0, 0.1) is 0 Å². The lowest BCUT2D eigenvalue weighted by atomic mass is 10.1. The fraction of sp³-hybridized carbons (Fsp3) is 0.250. The summed E-state index contributed by atoms with van der Waals surface area (Å²) in [4.78, 5) is 18.1. The van der Waals surface area contributed by atoms with E-state index in [0.717, 1.165) is 12.1 Å². The van der Waals surface area contributed by atoms with E-state index in [2.05, 4.69) is 15.4 Å². The van der Waals surface area contributed by atoms with E-state index in [1.807, 2.05) is 6.07 Å². The summed E-state index contributed by atoms with van der Waals surface area (Å²) >= 11 is 0. The standard InChI is InChI=1S/C20H20F3N5O2/c1-14(29)10-27(16-5-3-2-4-6-16)11-19(30)26-17-9-15(20(21,22)23)7-8-18(17)28-13-24-12-25-28/h2-9,12-14,29H,10-11H2,1H3,(H,26,30). The van der Waals surface area contributed by atoms with Crippen molar-refractivity contribution in [3.8, 4) is 5.69 Å². The number of carbonyl (C=O) groups excluding carboxylic acids is 1. The fourth-order valence-corrected chi connectivity index (χ4v) is 2.93. The van der Waals surface area contributed by atoms with Gasteiger partial charge in [0.05, 0.1) is 29.6 Å². The third-order valence-electron chi connectivity index (χ3n) is 4.20. The van der Waals surface area contributed by atoms with Crippen molar-refractivity contribution in [3.63, 3.8) is 0 Å². The van der Waals surface area contributed by atoms with Gasteiger partial charge in [0.2, 0.25) is 5.91 Å². The van der Waals surface area contributed by atoms with E-state index in [1.165, 1.54) is 23.4 Å². The Balaban J connectivity index is 1.87. The number of para-hydroxylation sites is 1. The fourth-order valence-electron chi connectivity index (χ4n) is 2.93. The van der Waals surface area contributed by atoms with E-state index in [0.29, 0.717) is 5.69 Å². The summed E-state index contributed by atoms with van der Waals surface area (Å²) in [5.74, 6) is -0.541. The van der Waals surface area contributed by atoms with Crippen LogP contribution in [0.15, 0.2) is 61.2 Å². The largest absolute Gasteiger partial charge is 0.416 e. The van der Waals surface area contributed by atoms with Gasteiger partial charge in [-0.1, -0.05) is 18.2 Å². The molecule has 0 fully saturated rings. The van der Waals surface area contributed by atoms with Crippen LogP contribution in [0.2, 0.25) is 0 Å². The number of amides is 1. The molecule has 3 aromatic rings.